The first-order chi connectivity index (χ1) is 11.5. The van der Waals surface area contributed by atoms with Crippen LogP contribution < -0.4 is 15.1 Å². The zero-order valence-corrected chi connectivity index (χ0v) is 14.1. The van der Waals surface area contributed by atoms with Gasteiger partial charge in [-0.15, -0.1) is 0 Å². The molecule has 1 aliphatic heterocycles. The van der Waals surface area contributed by atoms with Gasteiger partial charge >= 0.3 is 5.97 Å². The van der Waals surface area contributed by atoms with Crippen molar-refractivity contribution >= 4 is 17.6 Å². The Morgan fingerprint density at radius 2 is 1.79 bits per heavy atom. The van der Waals surface area contributed by atoms with Gasteiger partial charge in [-0.2, -0.15) is 0 Å². The predicted octanol–water partition coefficient (Wildman–Crippen LogP) is -0.135. The van der Waals surface area contributed by atoms with E-state index in [1.165, 1.54) is 4.90 Å². The molecule has 2 N–H and O–H groups in total. The zero-order chi connectivity index (χ0) is 17.5. The van der Waals surface area contributed by atoms with Crippen molar-refractivity contribution in [1.29, 1.82) is 0 Å². The number of amides is 1. The second-order valence-electron chi connectivity index (χ2n) is 5.77. The molecular weight excluding hydrogens is 312 g/mol. The van der Waals surface area contributed by atoms with Gasteiger partial charge in [-0.25, -0.2) is 5.01 Å². The molecule has 1 heterocycles. The lowest BCUT2D eigenvalue weighted by Crippen LogP contribution is -2.54. The number of carboxylic acids is 1. The Morgan fingerprint density at radius 3 is 2.33 bits per heavy atom. The molecular formula is C16H24N4O4. The normalized spacial score (nSPS) is 15.8. The van der Waals surface area contributed by atoms with Crippen LogP contribution in [0.1, 0.15) is 0 Å². The van der Waals surface area contributed by atoms with E-state index in [-0.39, 0.29) is 19.0 Å². The predicted molar refractivity (Wildman–Crippen MR) is 90.1 cm³/mol. The summed E-state index contributed by atoms with van der Waals surface area (Å²) in [7, 11) is 3.60. The van der Waals surface area contributed by atoms with Crippen molar-refractivity contribution in [2.24, 2.45) is 0 Å². The Bertz CT molecular complexity index is 556. The van der Waals surface area contributed by atoms with E-state index >= 15 is 0 Å². The lowest BCUT2D eigenvalue weighted by Gasteiger charge is -2.33. The number of likely N-dealkylation sites (N-methyl/N-ethyl adjacent to an activating group) is 1. The first-order valence-corrected chi connectivity index (χ1v) is 7.81. The number of piperazine rings is 1. The molecule has 0 bridgehead atoms. The van der Waals surface area contributed by atoms with Gasteiger partial charge in [-0.05, 0) is 31.3 Å². The third-order valence-corrected chi connectivity index (χ3v) is 3.88. The fraction of sp³-hybridized carbons (Fsp3) is 0.500. The number of rotatable bonds is 7. The molecule has 132 valence electrons. The van der Waals surface area contributed by atoms with Crippen molar-refractivity contribution < 1.29 is 19.4 Å². The second-order valence-corrected chi connectivity index (χ2v) is 5.77. The Kier molecular flexibility index (Phi) is 6.39. The summed E-state index contributed by atoms with van der Waals surface area (Å²) in [4.78, 5) is 27.1. The minimum atomic E-state index is -0.988. The summed E-state index contributed by atoms with van der Waals surface area (Å²) in [5, 5.41) is 11.0. The number of anilines is 1. The van der Waals surface area contributed by atoms with E-state index in [2.05, 4.69) is 10.3 Å². The lowest BCUT2D eigenvalue weighted by atomic mass is 10.2. The number of benzene rings is 1. The van der Waals surface area contributed by atoms with Gasteiger partial charge in [0.15, 0.2) is 0 Å². The summed E-state index contributed by atoms with van der Waals surface area (Å²) in [5.74, 6) is -0.536. The maximum Gasteiger partial charge on any atom is 0.323 e. The molecule has 2 rings (SSSR count). The molecule has 1 fully saturated rings. The number of methoxy groups -OCH3 is 1. The molecule has 8 heteroatoms. The standard InChI is InChI=1S/C16H24N4O4/c1-18-7-9-20(10-8-18)17-15(21)11-19(12-16(22)23)13-3-5-14(24-2)6-4-13/h3-6H,7-12H2,1-2H3,(H,17,21)(H,22,23). The van der Waals surface area contributed by atoms with Crippen LogP contribution in [0.15, 0.2) is 24.3 Å². The molecule has 1 amide bonds. The molecule has 1 aromatic carbocycles. The van der Waals surface area contributed by atoms with E-state index in [1.807, 2.05) is 12.1 Å². The van der Waals surface area contributed by atoms with Crippen molar-refractivity contribution in [2.75, 3.05) is 58.3 Å². The molecule has 0 atom stereocenters. The highest BCUT2D eigenvalue weighted by Gasteiger charge is 2.19. The van der Waals surface area contributed by atoms with Crippen molar-refractivity contribution in [2.45, 2.75) is 0 Å². The molecule has 24 heavy (non-hydrogen) atoms. The monoisotopic (exact) mass is 336 g/mol. The highest BCUT2D eigenvalue weighted by Crippen LogP contribution is 2.19. The van der Waals surface area contributed by atoms with E-state index in [9.17, 15) is 9.59 Å². The van der Waals surface area contributed by atoms with Crippen molar-refractivity contribution in [1.82, 2.24) is 15.3 Å². The van der Waals surface area contributed by atoms with Crippen LogP contribution in [-0.4, -0.2) is 80.3 Å². The number of carbonyl (C=O) groups is 2. The highest BCUT2D eigenvalue weighted by molar-refractivity contribution is 5.83. The van der Waals surface area contributed by atoms with E-state index in [0.717, 1.165) is 26.2 Å². The quantitative estimate of drug-likeness (QED) is 0.717. The van der Waals surface area contributed by atoms with Gasteiger partial charge in [0.2, 0.25) is 0 Å². The topological polar surface area (TPSA) is 85.3 Å². The summed E-state index contributed by atoms with van der Waals surface area (Å²) < 4.78 is 5.10. The number of carboxylic acid groups (broad SMARTS) is 1. The molecule has 0 spiro atoms. The van der Waals surface area contributed by atoms with Crippen LogP contribution >= 0.6 is 0 Å². The third-order valence-electron chi connectivity index (χ3n) is 3.88. The first kappa shape index (κ1) is 18.0. The average Bonchev–Trinajstić information content (AvgIpc) is 2.56. The maximum atomic E-state index is 12.3. The molecule has 0 aromatic heterocycles. The van der Waals surface area contributed by atoms with E-state index < -0.39 is 5.97 Å². The SMILES string of the molecule is COc1ccc(N(CC(=O)O)CC(=O)NN2CCN(C)CC2)cc1. The van der Waals surface area contributed by atoms with Crippen LogP contribution in [0.2, 0.25) is 0 Å². The Hall–Kier alpha value is -2.32. The lowest BCUT2D eigenvalue weighted by molar-refractivity contribution is -0.135. The minimum absolute atomic E-state index is 0.0228. The van der Waals surface area contributed by atoms with Crippen LogP contribution in [0.3, 0.4) is 0 Å². The Morgan fingerprint density at radius 1 is 1.17 bits per heavy atom. The van der Waals surface area contributed by atoms with Crippen molar-refractivity contribution in [3.05, 3.63) is 24.3 Å². The van der Waals surface area contributed by atoms with Crippen LogP contribution in [-0.2, 0) is 9.59 Å². The number of ether oxygens (including phenoxy) is 1. The van der Waals surface area contributed by atoms with Gasteiger partial charge in [0.1, 0.15) is 12.3 Å². The van der Waals surface area contributed by atoms with Crippen molar-refractivity contribution in [3.8, 4) is 5.75 Å². The Labute approximate surface area is 141 Å². The van der Waals surface area contributed by atoms with Gasteiger partial charge in [0.05, 0.1) is 13.7 Å². The molecule has 0 saturated carbocycles. The molecule has 0 radical (unpaired) electrons. The molecule has 1 aromatic rings. The molecule has 1 saturated heterocycles. The second kappa shape index (κ2) is 8.51. The number of hydrogen-bond donors (Lipinski definition) is 2. The van der Waals surface area contributed by atoms with Crippen molar-refractivity contribution in [3.63, 3.8) is 0 Å². The Balaban J connectivity index is 1.96. The van der Waals surface area contributed by atoms with Gasteiger partial charge in [0.25, 0.3) is 5.91 Å². The number of nitrogens with one attached hydrogen (secondary N) is 1. The van der Waals surface area contributed by atoms with E-state index in [0.29, 0.717) is 11.4 Å². The summed E-state index contributed by atoms with van der Waals surface area (Å²) in [6, 6.07) is 6.96. The largest absolute Gasteiger partial charge is 0.497 e. The molecule has 8 nitrogen and oxygen atoms in total. The minimum Gasteiger partial charge on any atom is -0.497 e. The number of carbonyl (C=O) groups excluding carboxylic acids is 1. The van der Waals surface area contributed by atoms with Gasteiger partial charge in [-0.3, -0.25) is 15.0 Å². The average molecular weight is 336 g/mol. The molecule has 1 aliphatic rings. The highest BCUT2D eigenvalue weighted by atomic mass is 16.5. The summed E-state index contributed by atoms with van der Waals surface area (Å²) in [5.41, 5.74) is 3.50. The van der Waals surface area contributed by atoms with Gasteiger partial charge in [0, 0.05) is 31.9 Å². The zero-order valence-electron chi connectivity index (χ0n) is 14.1. The number of nitrogens with zero attached hydrogens (tertiary/aromatic N) is 3. The molecule has 0 unspecified atom stereocenters. The maximum absolute atomic E-state index is 12.3. The number of hydrazine groups is 1. The smallest absolute Gasteiger partial charge is 0.323 e. The number of aliphatic carboxylic acids is 1. The summed E-state index contributed by atoms with van der Waals surface area (Å²) in [6.45, 7) is 3.01. The van der Waals surface area contributed by atoms with Crippen LogP contribution in [0.25, 0.3) is 0 Å². The van der Waals surface area contributed by atoms with Gasteiger partial charge < -0.3 is 19.6 Å². The summed E-state index contributed by atoms with van der Waals surface area (Å²) in [6.07, 6.45) is 0. The first-order valence-electron chi connectivity index (χ1n) is 7.81. The van der Waals surface area contributed by atoms with E-state index in [4.69, 9.17) is 9.84 Å². The third kappa shape index (κ3) is 5.39. The number of hydrogen-bond acceptors (Lipinski definition) is 6. The van der Waals surface area contributed by atoms with Crippen LogP contribution in [0, 0.1) is 0 Å². The summed E-state index contributed by atoms with van der Waals surface area (Å²) >= 11 is 0. The van der Waals surface area contributed by atoms with Crippen LogP contribution in [0.5, 0.6) is 5.75 Å². The fourth-order valence-corrected chi connectivity index (χ4v) is 2.50. The van der Waals surface area contributed by atoms with Gasteiger partial charge in [-0.1, -0.05) is 0 Å². The fourth-order valence-electron chi connectivity index (χ4n) is 2.50. The molecule has 0 aliphatic carbocycles. The van der Waals surface area contributed by atoms with E-state index in [1.54, 1.807) is 31.4 Å². The van der Waals surface area contributed by atoms with Crippen LogP contribution in [0.4, 0.5) is 5.69 Å².